The van der Waals surface area contributed by atoms with Crippen molar-refractivity contribution in [2.45, 2.75) is 60.1 Å². The van der Waals surface area contributed by atoms with Gasteiger partial charge in [0, 0.05) is 24.1 Å². The van der Waals surface area contributed by atoms with Crippen LogP contribution in [0.1, 0.15) is 63.3 Å². The maximum absolute atomic E-state index is 13.0. The van der Waals surface area contributed by atoms with Crippen molar-refractivity contribution >= 4 is 45.4 Å². The van der Waals surface area contributed by atoms with E-state index in [9.17, 15) is 29.4 Å². The van der Waals surface area contributed by atoms with E-state index in [4.69, 9.17) is 4.74 Å². The van der Waals surface area contributed by atoms with E-state index >= 15 is 0 Å². The number of thiazole rings is 1. The van der Waals surface area contributed by atoms with Crippen LogP contribution >= 0.6 is 11.3 Å². The molecule has 4 atom stereocenters. The number of carbonyl (C=O) groups is 4. The molecule has 2 aromatic rings. The Kier molecular flexibility index (Phi) is 5.92. The number of fused-ring (bicyclic) bond motifs is 2. The number of nitrogens with zero attached hydrogens (tertiary/aromatic N) is 3. The summed E-state index contributed by atoms with van der Waals surface area (Å²) in [6.45, 7) is 9.99. The van der Waals surface area contributed by atoms with Crippen LogP contribution in [0.25, 0.3) is 10.4 Å². The Labute approximate surface area is 206 Å². The molecule has 10 nitrogen and oxygen atoms in total. The third kappa shape index (κ3) is 3.77. The zero-order valence-electron chi connectivity index (χ0n) is 20.5. The fourth-order valence-electron chi connectivity index (χ4n) is 5.06. The second kappa shape index (κ2) is 8.27. The highest BCUT2D eigenvalue weighted by Crippen LogP contribution is 2.60. The van der Waals surface area contributed by atoms with Gasteiger partial charge in [-0.15, -0.1) is 11.3 Å². The first-order valence-corrected chi connectivity index (χ1v) is 12.2. The molecule has 1 unspecified atom stereocenters. The van der Waals surface area contributed by atoms with Gasteiger partial charge in [0.25, 0.3) is 0 Å². The lowest BCUT2D eigenvalue weighted by Gasteiger charge is -2.50. The van der Waals surface area contributed by atoms with Gasteiger partial charge in [-0.05, 0) is 34.1 Å². The average Bonchev–Trinajstić information content (AvgIpc) is 3.35. The van der Waals surface area contributed by atoms with Crippen LogP contribution in [0.4, 0.5) is 0 Å². The van der Waals surface area contributed by atoms with Crippen LogP contribution in [0.5, 0.6) is 0 Å². The van der Waals surface area contributed by atoms with Crippen molar-refractivity contribution in [3.63, 3.8) is 0 Å². The summed E-state index contributed by atoms with van der Waals surface area (Å²) < 4.78 is 7.17. The van der Waals surface area contributed by atoms with Crippen molar-refractivity contribution in [3.05, 3.63) is 28.8 Å². The van der Waals surface area contributed by atoms with Crippen LogP contribution < -0.4 is 0 Å². The quantitative estimate of drug-likeness (QED) is 0.334. The molecule has 4 heterocycles. The number of carbonyl (C=O) groups excluding carboxylic acids is 3. The normalized spacial score (nSPS) is 25.0. The minimum absolute atomic E-state index is 0.0125. The van der Waals surface area contributed by atoms with Crippen LogP contribution in [0.3, 0.4) is 0 Å². The van der Waals surface area contributed by atoms with Gasteiger partial charge < -0.3 is 19.8 Å². The number of imidazole rings is 1. The Bertz CT molecular complexity index is 1280. The summed E-state index contributed by atoms with van der Waals surface area (Å²) in [4.78, 5) is 56.3. The molecule has 2 aliphatic rings. The Morgan fingerprint density at radius 2 is 1.97 bits per heavy atom. The molecule has 188 valence electrons. The summed E-state index contributed by atoms with van der Waals surface area (Å²) in [5.74, 6) is -3.11. The van der Waals surface area contributed by atoms with Crippen molar-refractivity contribution in [3.8, 4) is 0 Å². The fourth-order valence-corrected chi connectivity index (χ4v) is 6.37. The maximum atomic E-state index is 13.0. The van der Waals surface area contributed by atoms with Crippen LogP contribution in [0.2, 0.25) is 0 Å². The van der Waals surface area contributed by atoms with Gasteiger partial charge in [0.15, 0.2) is 5.78 Å². The Hall–Kier alpha value is -3.05. The molecular weight excluding hydrogens is 474 g/mol. The number of hydrogen-bond donors (Lipinski definition) is 2. The molecule has 2 N–H and O–H groups in total. The molecule has 4 rings (SSSR count). The predicted octanol–water partition coefficient (Wildman–Crippen LogP) is 2.60. The van der Waals surface area contributed by atoms with Crippen molar-refractivity contribution < 1.29 is 34.1 Å². The zero-order chi connectivity index (χ0) is 26.0. The molecule has 0 spiro atoms. The number of aliphatic carboxylic acids is 1. The van der Waals surface area contributed by atoms with Gasteiger partial charge in [-0.25, -0.2) is 9.78 Å². The molecule has 1 fully saturated rings. The van der Waals surface area contributed by atoms with E-state index in [2.05, 4.69) is 4.98 Å². The van der Waals surface area contributed by atoms with Gasteiger partial charge in [-0.3, -0.25) is 18.8 Å². The zero-order valence-corrected chi connectivity index (χ0v) is 21.3. The van der Waals surface area contributed by atoms with Crippen LogP contribution in [-0.2, 0) is 19.1 Å². The SMILES string of the molecule is CC(=O)c1ncn2cc(C3=C(C(=O)O)N4C(=O)[C@H]([C@@H](C)O)[C@@H]4C3(C)CCOC(=O)C(C)(C)C)sc12. The molecule has 2 aliphatic heterocycles. The number of hydrogen-bond acceptors (Lipinski definition) is 8. The summed E-state index contributed by atoms with van der Waals surface area (Å²) >= 11 is 1.22. The first-order valence-electron chi connectivity index (χ1n) is 11.3. The minimum Gasteiger partial charge on any atom is -0.477 e. The van der Waals surface area contributed by atoms with Crippen LogP contribution in [0, 0.1) is 16.7 Å². The summed E-state index contributed by atoms with van der Waals surface area (Å²) in [7, 11) is 0. The molecule has 0 aromatic carbocycles. The number of ether oxygens (including phenoxy) is 1. The van der Waals surface area contributed by atoms with Gasteiger partial charge in [0.05, 0.1) is 35.0 Å². The molecular formula is C24H29N3O7S. The largest absolute Gasteiger partial charge is 0.477 e. The summed E-state index contributed by atoms with van der Waals surface area (Å²) in [5, 5.41) is 20.5. The number of rotatable bonds is 7. The maximum Gasteiger partial charge on any atom is 0.352 e. The highest BCUT2D eigenvalue weighted by Gasteiger charge is 2.66. The third-order valence-corrected chi connectivity index (χ3v) is 7.95. The second-order valence-electron chi connectivity index (χ2n) is 10.5. The number of Topliss-reactive ketones (excluding diaryl/α,β-unsaturated/α-hetero) is 1. The molecule has 1 amide bonds. The van der Waals surface area contributed by atoms with Gasteiger partial charge in [-0.1, -0.05) is 6.92 Å². The number of amides is 1. The lowest BCUT2D eigenvalue weighted by Crippen LogP contribution is -2.66. The van der Waals surface area contributed by atoms with E-state index in [1.807, 2.05) is 6.92 Å². The fraction of sp³-hybridized carbons (Fsp3) is 0.542. The first-order chi connectivity index (χ1) is 16.2. The molecule has 0 bridgehead atoms. The lowest BCUT2D eigenvalue weighted by atomic mass is 9.65. The van der Waals surface area contributed by atoms with Crippen molar-refractivity contribution in [1.29, 1.82) is 0 Å². The summed E-state index contributed by atoms with van der Waals surface area (Å²) in [6, 6.07) is -0.615. The van der Waals surface area contributed by atoms with E-state index in [1.165, 1.54) is 36.4 Å². The Morgan fingerprint density at radius 1 is 1.31 bits per heavy atom. The number of aromatic nitrogens is 2. The van der Waals surface area contributed by atoms with E-state index < -0.39 is 40.8 Å². The molecule has 0 radical (unpaired) electrons. The van der Waals surface area contributed by atoms with E-state index in [-0.39, 0.29) is 36.2 Å². The van der Waals surface area contributed by atoms with E-state index in [0.29, 0.717) is 15.3 Å². The molecule has 0 saturated carbocycles. The molecule has 35 heavy (non-hydrogen) atoms. The summed E-state index contributed by atoms with van der Waals surface area (Å²) in [6.07, 6.45) is 2.44. The van der Waals surface area contributed by atoms with Gasteiger partial charge in [0.1, 0.15) is 22.5 Å². The average molecular weight is 504 g/mol. The molecule has 0 aliphatic carbocycles. The molecule has 1 saturated heterocycles. The monoisotopic (exact) mass is 503 g/mol. The van der Waals surface area contributed by atoms with Crippen molar-refractivity contribution in [2.24, 2.45) is 16.7 Å². The molecule has 2 aromatic heterocycles. The Morgan fingerprint density at radius 3 is 2.51 bits per heavy atom. The number of ketones is 1. The van der Waals surface area contributed by atoms with Gasteiger partial charge in [0.2, 0.25) is 5.91 Å². The number of aliphatic hydroxyl groups excluding tert-OH is 1. The van der Waals surface area contributed by atoms with Crippen molar-refractivity contribution in [2.75, 3.05) is 6.61 Å². The van der Waals surface area contributed by atoms with Gasteiger partial charge >= 0.3 is 11.9 Å². The number of carboxylic acid groups (broad SMARTS) is 1. The number of esters is 1. The van der Waals surface area contributed by atoms with Crippen LogP contribution in [-0.4, -0.2) is 66.9 Å². The topological polar surface area (TPSA) is 139 Å². The van der Waals surface area contributed by atoms with E-state index in [0.717, 1.165) is 0 Å². The highest BCUT2D eigenvalue weighted by atomic mass is 32.1. The standard InChI is InChI=1S/C24H29N3O7S/c1-11(28)14-18-24(6,7-8-34-22(33)23(3,4)5)15(17(21(31)32)27(18)19(14)30)13-9-26-10-25-16(12(2)29)20(26)35-13/h9-11,14,18,28H,7-8H2,1-6H3,(H,31,32)/t11-,14-,18-,24?/m1/s1. The first kappa shape index (κ1) is 25.1. The lowest BCUT2D eigenvalue weighted by molar-refractivity contribution is -0.168. The van der Waals surface area contributed by atoms with Crippen molar-refractivity contribution in [1.82, 2.24) is 14.3 Å². The minimum atomic E-state index is -1.26. The Balaban J connectivity index is 1.83. The highest BCUT2D eigenvalue weighted by molar-refractivity contribution is 7.18. The van der Waals surface area contributed by atoms with Crippen LogP contribution in [0.15, 0.2) is 18.2 Å². The number of β-lactam (4-membered cyclic amide) rings is 1. The van der Waals surface area contributed by atoms with E-state index in [1.54, 1.807) is 31.4 Å². The molecule has 11 heteroatoms. The number of carboxylic acids is 1. The third-order valence-electron chi connectivity index (χ3n) is 6.82. The van der Waals surface area contributed by atoms with Gasteiger partial charge in [-0.2, -0.15) is 0 Å². The second-order valence-corrected chi connectivity index (χ2v) is 11.5. The number of aliphatic hydroxyl groups is 1. The smallest absolute Gasteiger partial charge is 0.352 e. The summed E-state index contributed by atoms with van der Waals surface area (Å²) in [5.41, 5.74) is -1.09. The predicted molar refractivity (Wildman–Crippen MR) is 127 cm³/mol.